The normalized spacial score (nSPS) is 12.3. The molecule has 0 heterocycles. The van der Waals surface area contributed by atoms with Gasteiger partial charge >= 0.3 is 6.61 Å². The molecule has 1 aromatic rings. The van der Waals surface area contributed by atoms with E-state index in [2.05, 4.69) is 27.3 Å². The van der Waals surface area contributed by atoms with Crippen LogP contribution in [0.5, 0.6) is 11.5 Å². The largest absolute Gasteiger partial charge is 0.493 e. The lowest BCUT2D eigenvalue weighted by atomic mass is 10.0. The van der Waals surface area contributed by atoms with E-state index >= 15 is 0 Å². The molecule has 162 valence electrons. The number of methoxy groups -OCH3 is 1. The highest BCUT2D eigenvalue weighted by atomic mass is 127. The minimum atomic E-state index is -2.92. The number of halogens is 3. The van der Waals surface area contributed by atoms with Gasteiger partial charge in [-0.05, 0) is 43.4 Å². The van der Waals surface area contributed by atoms with Crippen molar-refractivity contribution >= 4 is 29.9 Å². The summed E-state index contributed by atoms with van der Waals surface area (Å²) in [5, 5.41) is 15.6. The van der Waals surface area contributed by atoms with Crippen molar-refractivity contribution in [3.63, 3.8) is 0 Å². The summed E-state index contributed by atoms with van der Waals surface area (Å²) >= 11 is 0. The van der Waals surface area contributed by atoms with Crippen LogP contribution >= 0.6 is 24.0 Å². The van der Waals surface area contributed by atoms with E-state index in [0.717, 1.165) is 24.8 Å². The highest BCUT2D eigenvalue weighted by Gasteiger charge is 2.12. The van der Waals surface area contributed by atoms with Crippen molar-refractivity contribution in [2.24, 2.45) is 10.9 Å². The monoisotopic (exact) mass is 515 g/mol. The number of aliphatic hydroxyl groups excluding tert-OH is 1. The van der Waals surface area contributed by atoms with Gasteiger partial charge in [0.15, 0.2) is 17.5 Å². The van der Waals surface area contributed by atoms with E-state index in [1.165, 1.54) is 13.2 Å². The third-order valence-electron chi connectivity index (χ3n) is 4.00. The Bertz CT molecular complexity index is 571. The van der Waals surface area contributed by atoms with Crippen molar-refractivity contribution in [1.29, 1.82) is 0 Å². The van der Waals surface area contributed by atoms with Crippen LogP contribution in [0.3, 0.4) is 0 Å². The molecule has 0 amide bonds. The van der Waals surface area contributed by atoms with E-state index < -0.39 is 6.61 Å². The fourth-order valence-corrected chi connectivity index (χ4v) is 2.70. The molecule has 0 aliphatic carbocycles. The third-order valence-corrected chi connectivity index (χ3v) is 4.00. The van der Waals surface area contributed by atoms with E-state index in [-0.39, 0.29) is 42.1 Å². The quantitative estimate of drug-likeness (QED) is 0.225. The van der Waals surface area contributed by atoms with Crippen molar-refractivity contribution in [3.8, 4) is 11.5 Å². The number of benzene rings is 1. The van der Waals surface area contributed by atoms with Crippen LogP contribution in [0, 0.1) is 5.92 Å². The van der Waals surface area contributed by atoms with Crippen molar-refractivity contribution < 1.29 is 23.4 Å². The van der Waals surface area contributed by atoms with E-state index in [1.54, 1.807) is 12.1 Å². The average molecular weight is 515 g/mol. The molecule has 1 unspecified atom stereocenters. The minimum Gasteiger partial charge on any atom is -0.493 e. The molecular weight excluding hydrogens is 483 g/mol. The Balaban J connectivity index is 0.00000729. The lowest BCUT2D eigenvalue weighted by Gasteiger charge is -2.18. The van der Waals surface area contributed by atoms with Crippen LogP contribution in [-0.2, 0) is 6.54 Å². The standard InChI is InChI=1S/C19H31F2N3O3.HI/c1-4-6-14(9-10-25)12-23-19(22-5-2)24-13-15-7-8-16(26-3)17(11-15)27-18(20)21;/h7-8,11,14,18,25H,4-6,9-10,12-13H2,1-3H3,(H2,22,23,24);1H. The topological polar surface area (TPSA) is 75.1 Å². The lowest BCUT2D eigenvalue weighted by Crippen LogP contribution is -2.40. The second-order valence-electron chi connectivity index (χ2n) is 6.11. The summed E-state index contributed by atoms with van der Waals surface area (Å²) in [6, 6.07) is 4.85. The molecule has 0 radical (unpaired) electrons. The second kappa shape index (κ2) is 15.5. The molecule has 0 fully saturated rings. The maximum Gasteiger partial charge on any atom is 0.387 e. The second-order valence-corrected chi connectivity index (χ2v) is 6.11. The Kier molecular flexibility index (Phi) is 14.8. The van der Waals surface area contributed by atoms with Gasteiger partial charge in [0.2, 0.25) is 0 Å². The van der Waals surface area contributed by atoms with E-state index in [1.807, 2.05) is 6.92 Å². The van der Waals surface area contributed by atoms with Crippen LogP contribution in [0.1, 0.15) is 38.7 Å². The zero-order chi connectivity index (χ0) is 20.1. The molecule has 9 heteroatoms. The SMILES string of the molecule is CCCC(CCO)CNC(=NCc1ccc(OC)c(OC(F)F)c1)NCC.I. The summed E-state index contributed by atoms with van der Waals surface area (Å²) in [6.07, 6.45) is 2.83. The van der Waals surface area contributed by atoms with E-state index in [0.29, 0.717) is 31.5 Å². The van der Waals surface area contributed by atoms with Crippen molar-refractivity contribution in [2.45, 2.75) is 46.3 Å². The average Bonchev–Trinajstić information content (AvgIpc) is 2.64. The number of aliphatic hydroxyl groups is 1. The van der Waals surface area contributed by atoms with Crippen LogP contribution in [0.2, 0.25) is 0 Å². The number of rotatable bonds is 12. The first-order valence-corrected chi connectivity index (χ1v) is 9.28. The first kappa shape index (κ1) is 26.6. The summed E-state index contributed by atoms with van der Waals surface area (Å²) in [5.74, 6) is 1.25. The number of aliphatic imine (C=N–C) groups is 1. The van der Waals surface area contributed by atoms with Crippen LogP contribution in [-0.4, -0.2) is 44.5 Å². The van der Waals surface area contributed by atoms with Gasteiger partial charge < -0.3 is 25.2 Å². The third kappa shape index (κ3) is 10.3. The molecule has 1 atom stereocenters. The zero-order valence-corrected chi connectivity index (χ0v) is 19.0. The van der Waals surface area contributed by atoms with Gasteiger partial charge in [-0.1, -0.05) is 19.4 Å². The molecule has 3 N–H and O–H groups in total. The van der Waals surface area contributed by atoms with Gasteiger partial charge in [0.05, 0.1) is 13.7 Å². The molecule has 0 spiro atoms. The molecule has 6 nitrogen and oxygen atoms in total. The minimum absolute atomic E-state index is 0. The van der Waals surface area contributed by atoms with Gasteiger partial charge in [0, 0.05) is 19.7 Å². The lowest BCUT2D eigenvalue weighted by molar-refractivity contribution is -0.0512. The van der Waals surface area contributed by atoms with Crippen molar-refractivity contribution in [3.05, 3.63) is 23.8 Å². The fourth-order valence-electron chi connectivity index (χ4n) is 2.70. The molecular formula is C19H32F2IN3O3. The van der Waals surface area contributed by atoms with E-state index in [4.69, 9.17) is 9.84 Å². The number of hydrogen-bond donors (Lipinski definition) is 3. The zero-order valence-electron chi connectivity index (χ0n) is 16.7. The number of nitrogens with zero attached hydrogens (tertiary/aromatic N) is 1. The first-order valence-electron chi connectivity index (χ1n) is 9.28. The van der Waals surface area contributed by atoms with Gasteiger partial charge in [-0.25, -0.2) is 4.99 Å². The fraction of sp³-hybridized carbons (Fsp3) is 0.632. The van der Waals surface area contributed by atoms with Crippen molar-refractivity contribution in [2.75, 3.05) is 26.8 Å². The number of guanidine groups is 1. The van der Waals surface area contributed by atoms with Crippen molar-refractivity contribution in [1.82, 2.24) is 10.6 Å². The smallest absolute Gasteiger partial charge is 0.387 e. The Morgan fingerprint density at radius 2 is 1.93 bits per heavy atom. The maximum atomic E-state index is 12.5. The summed E-state index contributed by atoms with van der Waals surface area (Å²) in [7, 11) is 1.40. The van der Waals surface area contributed by atoms with Crippen LogP contribution in [0.4, 0.5) is 8.78 Å². The highest BCUT2D eigenvalue weighted by Crippen LogP contribution is 2.29. The van der Waals surface area contributed by atoms with Gasteiger partial charge in [-0.3, -0.25) is 0 Å². The van der Waals surface area contributed by atoms with Crippen LogP contribution < -0.4 is 20.1 Å². The number of alkyl halides is 2. The van der Waals surface area contributed by atoms with Gasteiger partial charge in [-0.15, -0.1) is 24.0 Å². The predicted molar refractivity (Wildman–Crippen MR) is 118 cm³/mol. The summed E-state index contributed by atoms with van der Waals surface area (Å²) in [5.41, 5.74) is 0.726. The predicted octanol–water partition coefficient (Wildman–Crippen LogP) is 3.77. The molecule has 28 heavy (non-hydrogen) atoms. The Morgan fingerprint density at radius 1 is 1.18 bits per heavy atom. The van der Waals surface area contributed by atoms with Gasteiger partial charge in [-0.2, -0.15) is 8.78 Å². The molecule has 0 aliphatic rings. The summed E-state index contributed by atoms with van der Waals surface area (Å²) in [6.45, 7) is 3.05. The molecule has 0 bridgehead atoms. The first-order chi connectivity index (χ1) is 13.0. The highest BCUT2D eigenvalue weighted by molar-refractivity contribution is 14.0. The molecule has 0 saturated heterocycles. The molecule has 0 aromatic heterocycles. The number of nitrogens with one attached hydrogen (secondary N) is 2. The number of hydrogen-bond acceptors (Lipinski definition) is 4. The maximum absolute atomic E-state index is 12.5. The Labute approximate surface area is 183 Å². The van der Waals surface area contributed by atoms with E-state index in [9.17, 15) is 8.78 Å². The molecule has 0 aliphatic heterocycles. The molecule has 0 saturated carbocycles. The Hall–Kier alpha value is -1.36. The number of ether oxygens (including phenoxy) is 2. The summed E-state index contributed by atoms with van der Waals surface area (Å²) < 4.78 is 34.6. The van der Waals surface area contributed by atoms with Crippen LogP contribution in [0.25, 0.3) is 0 Å². The van der Waals surface area contributed by atoms with Gasteiger partial charge in [0.25, 0.3) is 0 Å². The Morgan fingerprint density at radius 3 is 2.50 bits per heavy atom. The molecule has 1 rings (SSSR count). The van der Waals surface area contributed by atoms with Crippen LogP contribution in [0.15, 0.2) is 23.2 Å². The summed E-state index contributed by atoms with van der Waals surface area (Å²) in [4.78, 5) is 4.50. The molecule has 1 aromatic carbocycles. The van der Waals surface area contributed by atoms with Gasteiger partial charge in [0.1, 0.15) is 0 Å².